The Morgan fingerprint density at radius 1 is 1.58 bits per heavy atom. The van der Waals surface area contributed by atoms with E-state index in [-0.39, 0.29) is 5.69 Å². The highest BCUT2D eigenvalue weighted by Crippen LogP contribution is 2.22. The molecule has 0 bridgehead atoms. The van der Waals surface area contributed by atoms with Gasteiger partial charge in [0.2, 0.25) is 0 Å². The summed E-state index contributed by atoms with van der Waals surface area (Å²) in [6, 6.07) is 3.81. The van der Waals surface area contributed by atoms with Crippen LogP contribution in [0.4, 0.5) is 11.5 Å². The zero-order valence-corrected chi connectivity index (χ0v) is 11.5. The number of nitrogens with zero attached hydrogens (tertiary/aromatic N) is 4. The average Bonchev–Trinajstić information content (AvgIpc) is 2.33. The lowest BCUT2D eigenvalue weighted by atomic mass is 10.2. The van der Waals surface area contributed by atoms with Gasteiger partial charge in [0.1, 0.15) is 12.0 Å². The Morgan fingerprint density at radius 2 is 2.26 bits per heavy atom. The molecule has 0 atom stereocenters. The maximum absolute atomic E-state index is 10.8. The molecular weight excluding hydrogens is 244 g/mol. The number of aryl methyl sites for hydroxylation is 1. The molecule has 0 aromatic carbocycles. The van der Waals surface area contributed by atoms with Gasteiger partial charge < -0.3 is 4.90 Å². The van der Waals surface area contributed by atoms with E-state index in [1.807, 2.05) is 4.90 Å². The number of nitro groups is 1. The van der Waals surface area contributed by atoms with Crippen LogP contribution in [0.3, 0.4) is 0 Å². The van der Waals surface area contributed by atoms with Crippen LogP contribution in [0.1, 0.15) is 25.8 Å². The van der Waals surface area contributed by atoms with Gasteiger partial charge in [0.25, 0.3) is 5.69 Å². The van der Waals surface area contributed by atoms with E-state index in [0.29, 0.717) is 30.3 Å². The van der Waals surface area contributed by atoms with Gasteiger partial charge in [-0.15, -0.1) is 0 Å². The molecule has 0 aliphatic heterocycles. The summed E-state index contributed by atoms with van der Waals surface area (Å²) in [5, 5.41) is 19.4. The van der Waals surface area contributed by atoms with Crippen molar-refractivity contribution in [2.75, 3.05) is 18.0 Å². The van der Waals surface area contributed by atoms with Crippen LogP contribution in [0, 0.1) is 34.3 Å². The van der Waals surface area contributed by atoms with Crippen molar-refractivity contribution < 1.29 is 4.92 Å². The summed E-state index contributed by atoms with van der Waals surface area (Å²) in [4.78, 5) is 16.5. The van der Waals surface area contributed by atoms with Crippen LogP contribution < -0.4 is 4.90 Å². The van der Waals surface area contributed by atoms with Crippen LogP contribution in [0.25, 0.3) is 0 Å². The molecule has 0 amide bonds. The number of pyridine rings is 1. The number of anilines is 1. The molecule has 6 nitrogen and oxygen atoms in total. The number of hydrogen-bond acceptors (Lipinski definition) is 5. The molecule has 0 spiro atoms. The van der Waals surface area contributed by atoms with E-state index in [1.54, 1.807) is 13.0 Å². The molecule has 19 heavy (non-hydrogen) atoms. The minimum absolute atomic E-state index is 0.0218. The Labute approximate surface area is 112 Å². The Balaban J connectivity index is 2.99. The van der Waals surface area contributed by atoms with Gasteiger partial charge in [0.05, 0.1) is 17.4 Å². The lowest BCUT2D eigenvalue weighted by Crippen LogP contribution is -2.29. The van der Waals surface area contributed by atoms with E-state index in [1.165, 1.54) is 6.20 Å². The first-order valence-electron chi connectivity index (χ1n) is 6.18. The number of hydrogen-bond donors (Lipinski definition) is 0. The molecule has 0 saturated carbocycles. The molecule has 0 fully saturated rings. The van der Waals surface area contributed by atoms with E-state index in [2.05, 4.69) is 24.9 Å². The monoisotopic (exact) mass is 262 g/mol. The number of aromatic nitrogens is 1. The highest BCUT2D eigenvalue weighted by atomic mass is 16.6. The van der Waals surface area contributed by atoms with Gasteiger partial charge in [0, 0.05) is 18.7 Å². The van der Waals surface area contributed by atoms with E-state index in [9.17, 15) is 10.1 Å². The summed E-state index contributed by atoms with van der Waals surface area (Å²) in [6.45, 7) is 7.21. The Morgan fingerprint density at radius 3 is 2.74 bits per heavy atom. The maximum Gasteiger partial charge on any atom is 0.290 e. The van der Waals surface area contributed by atoms with Crippen molar-refractivity contribution in [3.63, 3.8) is 0 Å². The molecular formula is C13H18N4O2. The van der Waals surface area contributed by atoms with Gasteiger partial charge in [-0.1, -0.05) is 13.8 Å². The zero-order valence-electron chi connectivity index (χ0n) is 11.5. The lowest BCUT2D eigenvalue weighted by Gasteiger charge is -2.24. The van der Waals surface area contributed by atoms with Crippen LogP contribution in [0.5, 0.6) is 0 Å². The molecule has 1 heterocycles. The number of nitriles is 1. The molecule has 0 saturated heterocycles. The van der Waals surface area contributed by atoms with Crippen molar-refractivity contribution in [2.24, 2.45) is 5.92 Å². The van der Waals surface area contributed by atoms with Gasteiger partial charge in [-0.3, -0.25) is 10.1 Å². The standard InChI is InChI=1S/C13H18N4O2/c1-10(2)9-16(6-4-5-14)13-7-11(3)12(8-15-13)17(18)19/h7-8,10H,4,6,9H2,1-3H3. The minimum atomic E-state index is -0.436. The van der Waals surface area contributed by atoms with Crippen LogP contribution in [-0.2, 0) is 0 Å². The maximum atomic E-state index is 10.8. The van der Waals surface area contributed by atoms with Crippen molar-refractivity contribution in [2.45, 2.75) is 27.2 Å². The first-order chi connectivity index (χ1) is 8.95. The summed E-state index contributed by atoms with van der Waals surface area (Å²) < 4.78 is 0. The summed E-state index contributed by atoms with van der Waals surface area (Å²) in [6.07, 6.45) is 1.69. The Bertz CT molecular complexity index is 494. The topological polar surface area (TPSA) is 83.1 Å². The molecule has 0 aliphatic rings. The minimum Gasteiger partial charge on any atom is -0.355 e. The fourth-order valence-electron chi connectivity index (χ4n) is 1.82. The molecule has 1 aromatic heterocycles. The van der Waals surface area contributed by atoms with Crippen LogP contribution in [-0.4, -0.2) is 23.0 Å². The van der Waals surface area contributed by atoms with Gasteiger partial charge >= 0.3 is 0 Å². The fraction of sp³-hybridized carbons (Fsp3) is 0.538. The fourth-order valence-corrected chi connectivity index (χ4v) is 1.82. The third-order valence-corrected chi connectivity index (χ3v) is 2.67. The van der Waals surface area contributed by atoms with E-state index in [0.717, 1.165) is 6.54 Å². The molecule has 1 aromatic rings. The van der Waals surface area contributed by atoms with Gasteiger partial charge in [0.15, 0.2) is 0 Å². The number of rotatable bonds is 6. The second-order valence-corrected chi connectivity index (χ2v) is 4.83. The molecule has 0 aliphatic carbocycles. The summed E-state index contributed by atoms with van der Waals surface area (Å²) >= 11 is 0. The third-order valence-electron chi connectivity index (χ3n) is 2.67. The van der Waals surface area contributed by atoms with Crippen molar-refractivity contribution in [1.29, 1.82) is 5.26 Å². The average molecular weight is 262 g/mol. The smallest absolute Gasteiger partial charge is 0.290 e. The lowest BCUT2D eigenvalue weighted by molar-refractivity contribution is -0.385. The highest BCUT2D eigenvalue weighted by molar-refractivity contribution is 5.48. The van der Waals surface area contributed by atoms with E-state index in [4.69, 9.17) is 5.26 Å². The largest absolute Gasteiger partial charge is 0.355 e. The first kappa shape index (κ1) is 14.9. The zero-order chi connectivity index (χ0) is 14.4. The first-order valence-corrected chi connectivity index (χ1v) is 6.18. The molecule has 0 unspecified atom stereocenters. The van der Waals surface area contributed by atoms with E-state index < -0.39 is 4.92 Å². The molecule has 0 radical (unpaired) electrons. The van der Waals surface area contributed by atoms with Crippen LogP contribution in [0.15, 0.2) is 12.3 Å². The predicted molar refractivity (Wildman–Crippen MR) is 72.9 cm³/mol. The summed E-state index contributed by atoms with van der Waals surface area (Å²) in [5.74, 6) is 1.11. The SMILES string of the molecule is Cc1cc(N(CCC#N)CC(C)C)ncc1[N+](=O)[O-]. The molecule has 1 rings (SSSR count). The highest BCUT2D eigenvalue weighted by Gasteiger charge is 2.15. The normalized spacial score (nSPS) is 10.3. The quantitative estimate of drug-likeness (QED) is 0.581. The van der Waals surface area contributed by atoms with Crippen molar-refractivity contribution >= 4 is 11.5 Å². The predicted octanol–water partition coefficient (Wildman–Crippen LogP) is 2.67. The molecule has 102 valence electrons. The molecule has 6 heteroatoms. The van der Waals surface area contributed by atoms with Crippen molar-refractivity contribution in [3.05, 3.63) is 27.9 Å². The summed E-state index contributed by atoms with van der Waals surface area (Å²) in [7, 11) is 0. The van der Waals surface area contributed by atoms with Gasteiger partial charge in [-0.2, -0.15) is 5.26 Å². The summed E-state index contributed by atoms with van der Waals surface area (Å²) in [5.41, 5.74) is 0.606. The van der Waals surface area contributed by atoms with Crippen LogP contribution in [0.2, 0.25) is 0 Å². The second-order valence-electron chi connectivity index (χ2n) is 4.83. The second kappa shape index (κ2) is 6.69. The van der Waals surface area contributed by atoms with Gasteiger partial charge in [-0.25, -0.2) is 4.98 Å². The third kappa shape index (κ3) is 4.21. The Hall–Kier alpha value is -2.16. The van der Waals surface area contributed by atoms with E-state index >= 15 is 0 Å². The van der Waals surface area contributed by atoms with Crippen molar-refractivity contribution in [3.8, 4) is 6.07 Å². The van der Waals surface area contributed by atoms with Crippen molar-refractivity contribution in [1.82, 2.24) is 4.98 Å². The molecule has 0 N–H and O–H groups in total. The Kier molecular flexibility index (Phi) is 5.24. The van der Waals surface area contributed by atoms with Crippen LogP contribution >= 0.6 is 0 Å². The van der Waals surface area contributed by atoms with Gasteiger partial charge in [-0.05, 0) is 18.9 Å².